The van der Waals surface area contributed by atoms with Gasteiger partial charge in [0.2, 0.25) is 0 Å². The number of amides is 2. The molecule has 0 bridgehead atoms. The van der Waals surface area contributed by atoms with Crippen LogP contribution in [0.15, 0.2) is 47.4 Å². The van der Waals surface area contributed by atoms with Crippen LogP contribution in [0, 0.1) is 0 Å². The molecule has 2 heterocycles. The summed E-state index contributed by atoms with van der Waals surface area (Å²) < 4.78 is 27.3. The monoisotopic (exact) mass is 434 g/mol. The van der Waals surface area contributed by atoms with Crippen molar-refractivity contribution in [2.45, 2.75) is 11.4 Å². The molecule has 7 nitrogen and oxygen atoms in total. The van der Waals surface area contributed by atoms with Gasteiger partial charge in [0.25, 0.3) is 10.0 Å². The maximum atomic E-state index is 13.2. The van der Waals surface area contributed by atoms with Crippen molar-refractivity contribution in [3.05, 3.63) is 53.1 Å². The Kier molecular flexibility index (Phi) is 5.18. The van der Waals surface area contributed by atoms with Gasteiger partial charge in [-0.3, -0.25) is 4.90 Å². The lowest BCUT2D eigenvalue weighted by Gasteiger charge is -2.39. The van der Waals surface area contributed by atoms with E-state index in [0.29, 0.717) is 29.5 Å². The first kappa shape index (κ1) is 20.0. The highest BCUT2D eigenvalue weighted by molar-refractivity contribution is 7.90. The zero-order valence-corrected chi connectivity index (χ0v) is 17.9. The van der Waals surface area contributed by atoms with Crippen LogP contribution in [-0.4, -0.2) is 63.9 Å². The number of likely N-dealkylation sites (N-methyl/N-ethyl adjacent to an activating group) is 1. The minimum Gasteiger partial charge on any atom is -0.368 e. The van der Waals surface area contributed by atoms with Gasteiger partial charge in [-0.25, -0.2) is 17.5 Å². The molecule has 9 heteroatoms. The second kappa shape index (κ2) is 7.51. The molecule has 2 aromatic carbocycles. The van der Waals surface area contributed by atoms with Crippen LogP contribution in [0.3, 0.4) is 0 Å². The Bertz CT molecular complexity index is 1040. The van der Waals surface area contributed by atoms with Crippen molar-refractivity contribution in [1.29, 1.82) is 0 Å². The summed E-state index contributed by atoms with van der Waals surface area (Å²) in [5.41, 5.74) is 1.79. The zero-order chi connectivity index (χ0) is 20.8. The maximum absolute atomic E-state index is 13.2. The van der Waals surface area contributed by atoms with E-state index < -0.39 is 16.1 Å². The van der Waals surface area contributed by atoms with Crippen molar-refractivity contribution < 1.29 is 13.2 Å². The number of hydrogen-bond donors (Lipinski definition) is 0. The van der Waals surface area contributed by atoms with Crippen molar-refractivity contribution >= 4 is 39.0 Å². The third-order valence-corrected chi connectivity index (χ3v) is 7.48. The molecule has 0 radical (unpaired) electrons. The van der Waals surface area contributed by atoms with E-state index >= 15 is 0 Å². The van der Waals surface area contributed by atoms with Gasteiger partial charge in [0.15, 0.2) is 0 Å². The van der Waals surface area contributed by atoms with E-state index in [1.165, 1.54) is 11.9 Å². The number of sulfonamides is 1. The molecule has 0 N–H and O–H groups in total. The first-order valence-electron chi connectivity index (χ1n) is 9.40. The molecule has 2 aliphatic heterocycles. The van der Waals surface area contributed by atoms with Crippen LogP contribution in [-0.2, 0) is 16.6 Å². The summed E-state index contributed by atoms with van der Waals surface area (Å²) in [6.07, 6.45) is 0. The molecule has 1 fully saturated rings. The molecule has 29 heavy (non-hydrogen) atoms. The third kappa shape index (κ3) is 3.56. The van der Waals surface area contributed by atoms with Crippen LogP contribution in [0.1, 0.15) is 5.56 Å². The van der Waals surface area contributed by atoms with Crippen LogP contribution in [0.25, 0.3) is 0 Å². The van der Waals surface area contributed by atoms with Crippen molar-refractivity contribution in [2.24, 2.45) is 0 Å². The zero-order valence-electron chi connectivity index (χ0n) is 16.4. The number of anilines is 2. The lowest BCUT2D eigenvalue weighted by atomic mass is 10.1. The number of carbonyl (C=O) groups excluding carboxylic acids is 1. The molecule has 0 spiro atoms. The fourth-order valence-corrected chi connectivity index (χ4v) is 5.41. The third-order valence-electron chi connectivity index (χ3n) is 5.45. The molecule has 0 unspecified atom stereocenters. The quantitative estimate of drug-likeness (QED) is 0.743. The van der Waals surface area contributed by atoms with E-state index in [-0.39, 0.29) is 11.4 Å². The van der Waals surface area contributed by atoms with E-state index in [0.717, 1.165) is 23.0 Å². The number of carbonyl (C=O) groups is 1. The average molecular weight is 435 g/mol. The fourth-order valence-electron chi connectivity index (χ4n) is 3.74. The van der Waals surface area contributed by atoms with Crippen molar-refractivity contribution in [2.75, 3.05) is 50.1 Å². The molecule has 154 valence electrons. The Labute approximate surface area is 176 Å². The summed E-state index contributed by atoms with van der Waals surface area (Å²) >= 11 is 6.39. The Balaban J connectivity index is 1.86. The molecule has 0 aromatic heterocycles. The van der Waals surface area contributed by atoms with Crippen LogP contribution in [0.5, 0.6) is 0 Å². The molecule has 0 atom stereocenters. The van der Waals surface area contributed by atoms with Gasteiger partial charge in [0, 0.05) is 38.2 Å². The van der Waals surface area contributed by atoms with Gasteiger partial charge >= 0.3 is 6.03 Å². The van der Waals surface area contributed by atoms with E-state index in [1.807, 2.05) is 42.3 Å². The Morgan fingerprint density at radius 1 is 0.966 bits per heavy atom. The topological polar surface area (TPSA) is 64.2 Å². The minimum atomic E-state index is -3.98. The predicted molar refractivity (Wildman–Crippen MR) is 114 cm³/mol. The summed E-state index contributed by atoms with van der Waals surface area (Å²) in [5, 5.41) is 0.406. The van der Waals surface area contributed by atoms with Gasteiger partial charge in [-0.1, -0.05) is 41.9 Å². The summed E-state index contributed by atoms with van der Waals surface area (Å²) in [7, 11) is -0.633. The second-order valence-electron chi connectivity index (χ2n) is 7.39. The SMILES string of the molecule is CN1CCN(c2cc(Cl)cc3c2S(=O)(=O)N(C)C(=O)N3Cc2ccccc2)CC1. The summed E-state index contributed by atoms with van der Waals surface area (Å²) in [6, 6.07) is 12.2. The molecule has 1 saturated heterocycles. The smallest absolute Gasteiger partial charge is 0.338 e. The molecule has 0 saturated carbocycles. The van der Waals surface area contributed by atoms with Crippen LogP contribution in [0.2, 0.25) is 5.02 Å². The number of fused-ring (bicyclic) bond motifs is 1. The van der Waals surface area contributed by atoms with E-state index in [9.17, 15) is 13.2 Å². The Hall–Kier alpha value is -2.29. The van der Waals surface area contributed by atoms with Crippen LogP contribution < -0.4 is 9.80 Å². The van der Waals surface area contributed by atoms with E-state index in [4.69, 9.17) is 11.6 Å². The minimum absolute atomic E-state index is 0.143. The van der Waals surface area contributed by atoms with Gasteiger partial charge < -0.3 is 9.80 Å². The van der Waals surface area contributed by atoms with Gasteiger partial charge in [-0.05, 0) is 24.7 Å². The van der Waals surface area contributed by atoms with Gasteiger partial charge in [0.1, 0.15) is 4.90 Å². The lowest BCUT2D eigenvalue weighted by Crippen LogP contribution is -2.50. The number of hydrogen-bond acceptors (Lipinski definition) is 5. The van der Waals surface area contributed by atoms with Gasteiger partial charge in [-0.2, -0.15) is 0 Å². The maximum Gasteiger partial charge on any atom is 0.338 e. The molecule has 2 amide bonds. The highest BCUT2D eigenvalue weighted by Gasteiger charge is 2.42. The van der Waals surface area contributed by atoms with Gasteiger partial charge in [-0.15, -0.1) is 0 Å². The van der Waals surface area contributed by atoms with E-state index in [1.54, 1.807) is 12.1 Å². The number of benzene rings is 2. The first-order valence-corrected chi connectivity index (χ1v) is 11.2. The molecule has 0 aliphatic carbocycles. The molecule has 2 aromatic rings. The second-order valence-corrected chi connectivity index (χ2v) is 9.73. The van der Waals surface area contributed by atoms with Crippen molar-refractivity contribution in [1.82, 2.24) is 9.21 Å². The average Bonchev–Trinajstić information content (AvgIpc) is 2.70. The lowest BCUT2D eigenvalue weighted by molar-refractivity contribution is 0.232. The fraction of sp³-hybridized carbons (Fsp3) is 0.350. The summed E-state index contributed by atoms with van der Waals surface area (Å²) in [4.78, 5) is 18.8. The highest BCUT2D eigenvalue weighted by Crippen LogP contribution is 2.43. The number of halogens is 1. The Morgan fingerprint density at radius 3 is 2.24 bits per heavy atom. The number of piperazine rings is 1. The van der Waals surface area contributed by atoms with Crippen LogP contribution >= 0.6 is 11.6 Å². The Morgan fingerprint density at radius 2 is 1.59 bits per heavy atom. The first-order chi connectivity index (χ1) is 13.8. The number of urea groups is 1. The van der Waals surface area contributed by atoms with E-state index in [2.05, 4.69) is 4.90 Å². The van der Waals surface area contributed by atoms with Crippen molar-refractivity contribution in [3.63, 3.8) is 0 Å². The number of nitrogens with zero attached hydrogens (tertiary/aromatic N) is 4. The standard InChI is InChI=1S/C20H23ClN4O3S/c1-22-8-10-24(11-9-22)17-12-16(21)13-18-19(17)29(27,28)23(2)20(26)25(18)14-15-6-4-3-5-7-15/h3-7,12-13H,8-11,14H2,1-2H3. The largest absolute Gasteiger partial charge is 0.368 e. The normalized spacial score (nSPS) is 19.4. The van der Waals surface area contributed by atoms with Crippen molar-refractivity contribution in [3.8, 4) is 0 Å². The summed E-state index contributed by atoms with van der Waals surface area (Å²) in [6.45, 7) is 3.28. The number of rotatable bonds is 3. The highest BCUT2D eigenvalue weighted by atomic mass is 35.5. The molecule has 2 aliphatic rings. The summed E-state index contributed by atoms with van der Waals surface area (Å²) in [5.74, 6) is 0. The predicted octanol–water partition coefficient (Wildman–Crippen LogP) is 2.85. The molecule has 4 rings (SSSR count). The van der Waals surface area contributed by atoms with Gasteiger partial charge in [0.05, 0.1) is 17.9 Å². The molecular formula is C20H23ClN4O3S. The van der Waals surface area contributed by atoms with Crippen LogP contribution in [0.4, 0.5) is 16.2 Å². The molecular weight excluding hydrogens is 412 g/mol.